The molecule has 0 aliphatic carbocycles. The van der Waals surface area contributed by atoms with Crippen molar-refractivity contribution in [3.8, 4) is 0 Å². The van der Waals surface area contributed by atoms with Crippen LogP contribution in [0, 0.1) is 0 Å². The molecule has 6 heteroatoms. The first-order valence-corrected chi connectivity index (χ1v) is 3.71. The third-order valence-corrected chi connectivity index (χ3v) is 2.02. The molecular formula is C6H14N2O4. The van der Waals surface area contributed by atoms with Gasteiger partial charge in [-0.2, -0.15) is 0 Å². The molecule has 0 amide bonds. The van der Waals surface area contributed by atoms with E-state index in [0.29, 0.717) is 0 Å². The van der Waals surface area contributed by atoms with Gasteiger partial charge in [0.25, 0.3) is 0 Å². The summed E-state index contributed by atoms with van der Waals surface area (Å²) in [4.78, 5) is 0. The van der Waals surface area contributed by atoms with Gasteiger partial charge in [0.1, 0.15) is 24.5 Å². The summed E-state index contributed by atoms with van der Waals surface area (Å²) < 4.78 is 4.92. The maximum atomic E-state index is 9.27. The highest BCUT2D eigenvalue weighted by Gasteiger charge is 2.40. The molecule has 0 aromatic carbocycles. The molecule has 1 heterocycles. The van der Waals surface area contributed by atoms with E-state index in [1.54, 1.807) is 0 Å². The van der Waals surface area contributed by atoms with Crippen molar-refractivity contribution in [1.29, 1.82) is 0 Å². The van der Waals surface area contributed by atoms with Gasteiger partial charge in [0.05, 0.1) is 12.6 Å². The van der Waals surface area contributed by atoms with Crippen molar-refractivity contribution < 1.29 is 20.1 Å². The summed E-state index contributed by atoms with van der Waals surface area (Å²) in [5.74, 6) is 0. The monoisotopic (exact) mass is 178 g/mol. The molecule has 6 nitrogen and oxygen atoms in total. The molecule has 12 heavy (non-hydrogen) atoms. The molecule has 1 saturated heterocycles. The third-order valence-electron chi connectivity index (χ3n) is 2.02. The Balaban J connectivity index is 2.63. The zero-order valence-electron chi connectivity index (χ0n) is 6.50. The van der Waals surface area contributed by atoms with E-state index < -0.39 is 30.6 Å². The predicted octanol–water partition coefficient (Wildman–Crippen LogP) is -3.29. The molecule has 0 aromatic heterocycles. The lowest BCUT2D eigenvalue weighted by molar-refractivity contribution is -0.184. The van der Waals surface area contributed by atoms with Crippen LogP contribution in [0.1, 0.15) is 0 Å². The van der Waals surface area contributed by atoms with Crippen LogP contribution in [0.3, 0.4) is 0 Å². The first-order valence-electron chi connectivity index (χ1n) is 3.71. The quantitative estimate of drug-likeness (QED) is 0.287. The van der Waals surface area contributed by atoms with Crippen LogP contribution in [-0.2, 0) is 4.74 Å². The Labute approximate surface area is 69.7 Å². The molecule has 7 N–H and O–H groups in total. The van der Waals surface area contributed by atoms with Crippen molar-refractivity contribution in [2.24, 2.45) is 11.5 Å². The Morgan fingerprint density at radius 1 is 1.17 bits per heavy atom. The maximum Gasteiger partial charge on any atom is 0.135 e. The molecule has 0 radical (unpaired) electrons. The fourth-order valence-corrected chi connectivity index (χ4v) is 1.18. The molecular weight excluding hydrogens is 164 g/mol. The van der Waals surface area contributed by atoms with Gasteiger partial charge in [-0.3, -0.25) is 0 Å². The number of hydrogen-bond donors (Lipinski definition) is 5. The van der Waals surface area contributed by atoms with E-state index in [9.17, 15) is 5.11 Å². The summed E-state index contributed by atoms with van der Waals surface area (Å²) >= 11 is 0. The lowest BCUT2D eigenvalue weighted by Crippen LogP contribution is -2.64. The Kier molecular flexibility index (Phi) is 2.99. The second kappa shape index (κ2) is 3.65. The van der Waals surface area contributed by atoms with Gasteiger partial charge in [-0.25, -0.2) is 0 Å². The smallest absolute Gasteiger partial charge is 0.135 e. The molecule has 5 unspecified atom stereocenters. The summed E-state index contributed by atoms with van der Waals surface area (Å²) in [6.45, 7) is -0.321. The third kappa shape index (κ3) is 1.58. The highest BCUT2D eigenvalue weighted by Crippen LogP contribution is 2.16. The number of aliphatic hydroxyl groups excluding tert-OH is 3. The van der Waals surface area contributed by atoms with Gasteiger partial charge >= 0.3 is 0 Å². The molecule has 72 valence electrons. The van der Waals surface area contributed by atoms with Crippen LogP contribution in [0.5, 0.6) is 0 Å². The van der Waals surface area contributed by atoms with Crippen molar-refractivity contribution in [3.05, 3.63) is 0 Å². The Hall–Kier alpha value is -0.240. The van der Waals surface area contributed by atoms with E-state index in [-0.39, 0.29) is 6.61 Å². The summed E-state index contributed by atoms with van der Waals surface area (Å²) in [6, 6.07) is -0.801. The van der Waals surface area contributed by atoms with E-state index in [1.807, 2.05) is 0 Å². The molecule has 5 atom stereocenters. The van der Waals surface area contributed by atoms with Gasteiger partial charge in [0, 0.05) is 0 Å². The van der Waals surface area contributed by atoms with E-state index in [4.69, 9.17) is 26.4 Å². The molecule has 1 rings (SSSR count). The van der Waals surface area contributed by atoms with Crippen molar-refractivity contribution in [3.63, 3.8) is 0 Å². The van der Waals surface area contributed by atoms with Gasteiger partial charge in [0.15, 0.2) is 0 Å². The van der Waals surface area contributed by atoms with Crippen LogP contribution in [0.25, 0.3) is 0 Å². The highest BCUT2D eigenvalue weighted by molar-refractivity contribution is 4.92. The molecule has 1 fully saturated rings. The second-order valence-electron chi connectivity index (χ2n) is 2.88. The zero-order chi connectivity index (χ0) is 9.30. The molecule has 0 saturated carbocycles. The topological polar surface area (TPSA) is 122 Å². The highest BCUT2D eigenvalue weighted by atomic mass is 16.5. The fourth-order valence-electron chi connectivity index (χ4n) is 1.18. The number of ether oxygens (including phenoxy) is 1. The van der Waals surface area contributed by atoms with E-state index >= 15 is 0 Å². The Bertz CT molecular complexity index is 152. The zero-order valence-corrected chi connectivity index (χ0v) is 6.50. The normalized spacial score (nSPS) is 49.2. The first-order chi connectivity index (χ1) is 5.57. The van der Waals surface area contributed by atoms with Crippen LogP contribution in [0.2, 0.25) is 0 Å². The molecule has 1 aliphatic heterocycles. The molecule has 1 aliphatic rings. The van der Waals surface area contributed by atoms with Gasteiger partial charge in [-0.05, 0) is 0 Å². The summed E-state index contributed by atoms with van der Waals surface area (Å²) in [5.41, 5.74) is 10.7. The minimum absolute atomic E-state index is 0.321. The van der Waals surface area contributed by atoms with E-state index in [0.717, 1.165) is 0 Å². The number of rotatable bonds is 1. The molecule has 0 spiro atoms. The predicted molar refractivity (Wildman–Crippen MR) is 39.9 cm³/mol. The van der Waals surface area contributed by atoms with Gasteiger partial charge in [-0.1, -0.05) is 0 Å². The van der Waals surface area contributed by atoms with Gasteiger partial charge in [0.2, 0.25) is 0 Å². The maximum absolute atomic E-state index is 9.27. The molecule has 0 bridgehead atoms. The largest absolute Gasteiger partial charge is 0.394 e. The van der Waals surface area contributed by atoms with Gasteiger partial charge in [-0.15, -0.1) is 0 Å². The minimum atomic E-state index is -1.19. The average molecular weight is 178 g/mol. The Morgan fingerprint density at radius 2 is 1.75 bits per heavy atom. The van der Waals surface area contributed by atoms with Crippen LogP contribution in [-0.4, -0.2) is 52.5 Å². The number of hydrogen-bond acceptors (Lipinski definition) is 6. The summed E-state index contributed by atoms with van der Waals surface area (Å²) in [7, 11) is 0. The lowest BCUT2D eigenvalue weighted by Gasteiger charge is -2.38. The van der Waals surface area contributed by atoms with E-state index in [1.165, 1.54) is 0 Å². The first kappa shape index (κ1) is 9.85. The van der Waals surface area contributed by atoms with Crippen molar-refractivity contribution in [1.82, 2.24) is 0 Å². The Morgan fingerprint density at radius 3 is 2.25 bits per heavy atom. The lowest BCUT2D eigenvalue weighted by atomic mass is 9.97. The standard InChI is InChI=1S/C6H14N2O4/c7-3-2(1-9)12-6(8)5(11)4(3)10/h2-6,9-11H,1,7-8H2. The van der Waals surface area contributed by atoms with Gasteiger partial charge < -0.3 is 31.5 Å². The van der Waals surface area contributed by atoms with Crippen LogP contribution in [0.4, 0.5) is 0 Å². The second-order valence-corrected chi connectivity index (χ2v) is 2.88. The van der Waals surface area contributed by atoms with E-state index in [2.05, 4.69) is 0 Å². The molecule has 0 aromatic rings. The number of aliphatic hydroxyl groups is 3. The number of nitrogens with two attached hydrogens (primary N) is 2. The fraction of sp³-hybridized carbons (Fsp3) is 1.00. The summed E-state index contributed by atoms with van der Waals surface area (Å²) in [5, 5.41) is 27.2. The van der Waals surface area contributed by atoms with Crippen molar-refractivity contribution >= 4 is 0 Å². The summed E-state index contributed by atoms with van der Waals surface area (Å²) in [6.07, 6.45) is -4.04. The SMILES string of the molecule is NC1OC(CO)C(N)C(O)C1O. The van der Waals surface area contributed by atoms with Crippen molar-refractivity contribution in [2.45, 2.75) is 30.6 Å². The van der Waals surface area contributed by atoms with Crippen LogP contribution >= 0.6 is 0 Å². The minimum Gasteiger partial charge on any atom is -0.394 e. The average Bonchev–Trinajstić information content (AvgIpc) is 2.08. The van der Waals surface area contributed by atoms with Crippen LogP contribution in [0.15, 0.2) is 0 Å². The van der Waals surface area contributed by atoms with Crippen LogP contribution < -0.4 is 11.5 Å². The van der Waals surface area contributed by atoms with Crippen molar-refractivity contribution in [2.75, 3.05) is 6.61 Å².